The molecule has 2 fully saturated rings. The van der Waals surface area contributed by atoms with E-state index >= 15 is 0 Å². The van der Waals surface area contributed by atoms with Crippen molar-refractivity contribution in [2.75, 3.05) is 18.9 Å². The minimum atomic E-state index is -0.722. The van der Waals surface area contributed by atoms with Gasteiger partial charge >= 0.3 is 11.7 Å². The predicted octanol–water partition coefficient (Wildman–Crippen LogP) is 0.972. The number of rotatable bonds is 5. The molecular weight excluding hydrogens is 338 g/mol. The summed E-state index contributed by atoms with van der Waals surface area (Å²) in [6.45, 7) is 0.138. The van der Waals surface area contributed by atoms with E-state index < -0.39 is 23.6 Å². The third-order valence-electron chi connectivity index (χ3n) is 4.71. The highest BCUT2D eigenvalue weighted by molar-refractivity contribution is 5.86. The van der Waals surface area contributed by atoms with Crippen molar-refractivity contribution >= 4 is 11.8 Å². The van der Waals surface area contributed by atoms with E-state index in [0.29, 0.717) is 0 Å². The zero-order valence-corrected chi connectivity index (χ0v) is 14.0. The second-order valence-corrected chi connectivity index (χ2v) is 6.44. The first-order valence-electron chi connectivity index (χ1n) is 8.43. The third-order valence-corrected chi connectivity index (χ3v) is 4.71. The quantitative estimate of drug-likeness (QED) is 0.795. The number of carbonyl (C=O) groups is 1. The maximum Gasteiger partial charge on any atom is 0.351 e. The zero-order valence-electron chi connectivity index (χ0n) is 14.0. The Morgan fingerprint density at radius 3 is 2.77 bits per heavy atom. The number of nitrogens with two attached hydrogens (primary N) is 1. The highest BCUT2D eigenvalue weighted by Crippen LogP contribution is 2.49. The molecule has 1 aromatic carbocycles. The molecule has 8 heteroatoms. The Labute approximate surface area is 149 Å². The molecule has 2 aromatic rings. The van der Waals surface area contributed by atoms with Crippen molar-refractivity contribution in [3.05, 3.63) is 58.6 Å². The van der Waals surface area contributed by atoms with Gasteiger partial charge < -0.3 is 19.9 Å². The van der Waals surface area contributed by atoms with E-state index in [1.54, 1.807) is 0 Å². The van der Waals surface area contributed by atoms with Crippen molar-refractivity contribution in [3.8, 4) is 0 Å². The molecule has 1 saturated carbocycles. The van der Waals surface area contributed by atoms with Crippen LogP contribution in [0, 0.1) is 0 Å². The fraction of sp³-hybridized carbons (Fsp3) is 0.389. The van der Waals surface area contributed by atoms with E-state index in [1.807, 2.05) is 30.3 Å². The van der Waals surface area contributed by atoms with Gasteiger partial charge in [0.15, 0.2) is 12.5 Å². The molecule has 0 unspecified atom stereocenters. The van der Waals surface area contributed by atoms with Gasteiger partial charge in [-0.2, -0.15) is 4.98 Å². The van der Waals surface area contributed by atoms with Crippen LogP contribution in [-0.2, 0) is 24.4 Å². The molecule has 1 aromatic heterocycles. The summed E-state index contributed by atoms with van der Waals surface area (Å²) in [7, 11) is 0. The van der Waals surface area contributed by atoms with Gasteiger partial charge in [0.2, 0.25) is 0 Å². The van der Waals surface area contributed by atoms with Crippen LogP contribution in [0.15, 0.2) is 47.4 Å². The lowest BCUT2D eigenvalue weighted by molar-refractivity contribution is -0.162. The topological polar surface area (TPSA) is 106 Å². The average molecular weight is 357 g/mol. The van der Waals surface area contributed by atoms with Crippen molar-refractivity contribution in [1.29, 1.82) is 0 Å². The summed E-state index contributed by atoms with van der Waals surface area (Å²) in [4.78, 5) is 28.0. The number of benzene rings is 1. The maximum atomic E-state index is 12.5. The molecule has 2 atom stereocenters. The van der Waals surface area contributed by atoms with Crippen molar-refractivity contribution in [2.45, 2.75) is 30.8 Å². The molecule has 0 spiro atoms. The first-order valence-corrected chi connectivity index (χ1v) is 8.43. The number of ether oxygens (including phenoxy) is 3. The summed E-state index contributed by atoms with van der Waals surface area (Å²) in [6.07, 6.45) is 1.71. The van der Waals surface area contributed by atoms with Gasteiger partial charge in [0, 0.05) is 6.20 Å². The smallest absolute Gasteiger partial charge is 0.351 e. The first kappa shape index (κ1) is 16.7. The Bertz CT molecular complexity index is 863. The molecule has 1 saturated heterocycles. The van der Waals surface area contributed by atoms with E-state index in [1.165, 1.54) is 16.8 Å². The van der Waals surface area contributed by atoms with Gasteiger partial charge in [-0.3, -0.25) is 9.36 Å². The summed E-state index contributed by atoms with van der Waals surface area (Å²) >= 11 is 0. The van der Waals surface area contributed by atoms with Crippen LogP contribution in [0.5, 0.6) is 0 Å². The van der Waals surface area contributed by atoms with Gasteiger partial charge in [-0.25, -0.2) is 4.79 Å². The Morgan fingerprint density at radius 1 is 1.31 bits per heavy atom. The fourth-order valence-corrected chi connectivity index (χ4v) is 3.10. The number of nitrogens with zero attached hydrogens (tertiary/aromatic N) is 2. The Balaban J connectivity index is 1.35. The van der Waals surface area contributed by atoms with E-state index in [0.717, 1.165) is 18.4 Å². The molecule has 8 nitrogen and oxygen atoms in total. The molecular formula is C18H19N3O5. The number of hydrogen-bond donors (Lipinski definition) is 1. The van der Waals surface area contributed by atoms with Gasteiger partial charge in [-0.1, -0.05) is 30.3 Å². The second-order valence-electron chi connectivity index (χ2n) is 6.44. The Kier molecular flexibility index (Phi) is 4.21. The van der Waals surface area contributed by atoms with Crippen LogP contribution < -0.4 is 11.4 Å². The monoisotopic (exact) mass is 357 g/mol. The van der Waals surface area contributed by atoms with Crippen LogP contribution in [0.2, 0.25) is 0 Å². The Morgan fingerprint density at radius 2 is 2.08 bits per heavy atom. The SMILES string of the molecule is Nc1ccn([C@@H]2CO[C@H](COC(=O)C3(c4ccccc4)CC3)O2)c(=O)n1. The second kappa shape index (κ2) is 6.54. The minimum Gasteiger partial charge on any atom is -0.460 e. The highest BCUT2D eigenvalue weighted by Gasteiger charge is 2.53. The van der Waals surface area contributed by atoms with Crippen molar-refractivity contribution < 1.29 is 19.0 Å². The van der Waals surface area contributed by atoms with Crippen molar-refractivity contribution in [1.82, 2.24) is 9.55 Å². The number of hydrogen-bond acceptors (Lipinski definition) is 7. The highest BCUT2D eigenvalue weighted by atomic mass is 16.7. The summed E-state index contributed by atoms with van der Waals surface area (Å²) in [5, 5.41) is 0. The van der Waals surface area contributed by atoms with Gasteiger partial charge in [0.05, 0.1) is 12.0 Å². The summed E-state index contributed by atoms with van der Waals surface area (Å²) in [5.41, 5.74) is 5.38. The summed E-state index contributed by atoms with van der Waals surface area (Å²) < 4.78 is 17.8. The van der Waals surface area contributed by atoms with Crippen LogP contribution in [0.25, 0.3) is 0 Å². The molecule has 0 bridgehead atoms. The van der Waals surface area contributed by atoms with Crippen LogP contribution in [0.3, 0.4) is 0 Å². The lowest BCUT2D eigenvalue weighted by Crippen LogP contribution is -2.30. The molecule has 2 N–H and O–H groups in total. The summed E-state index contributed by atoms with van der Waals surface area (Å²) in [5.74, 6) is -0.128. The molecule has 0 amide bonds. The minimum absolute atomic E-state index is 0.0267. The molecule has 4 rings (SSSR count). The fourth-order valence-electron chi connectivity index (χ4n) is 3.10. The molecule has 0 radical (unpaired) electrons. The van der Waals surface area contributed by atoms with Crippen molar-refractivity contribution in [3.63, 3.8) is 0 Å². The molecule has 1 aliphatic heterocycles. The normalized spacial score (nSPS) is 23.5. The number of anilines is 1. The van der Waals surface area contributed by atoms with E-state index in [9.17, 15) is 9.59 Å². The standard InChI is InChI=1S/C18H19N3O5/c19-13-6-9-21(17(23)20-13)14-10-24-15(26-14)11-25-16(22)18(7-8-18)12-4-2-1-3-5-12/h1-6,9,14-15H,7-8,10-11H2,(H2,19,20,23)/t14-,15-/m0/s1. The first-order chi connectivity index (χ1) is 12.6. The van der Waals surface area contributed by atoms with Gasteiger partial charge in [-0.15, -0.1) is 0 Å². The lowest BCUT2D eigenvalue weighted by Gasteiger charge is -2.17. The lowest BCUT2D eigenvalue weighted by atomic mass is 9.96. The molecule has 1 aliphatic carbocycles. The van der Waals surface area contributed by atoms with Crippen LogP contribution in [0.4, 0.5) is 5.82 Å². The number of carbonyl (C=O) groups excluding carboxylic acids is 1. The predicted molar refractivity (Wildman–Crippen MR) is 91.1 cm³/mol. The van der Waals surface area contributed by atoms with Gasteiger partial charge in [0.1, 0.15) is 12.4 Å². The Hall–Kier alpha value is -2.71. The largest absolute Gasteiger partial charge is 0.460 e. The summed E-state index contributed by atoms with van der Waals surface area (Å²) in [6, 6.07) is 11.1. The maximum absolute atomic E-state index is 12.5. The van der Waals surface area contributed by atoms with Crippen LogP contribution >= 0.6 is 0 Å². The van der Waals surface area contributed by atoms with Crippen LogP contribution in [-0.4, -0.2) is 35.0 Å². The number of aromatic nitrogens is 2. The number of nitrogen functional groups attached to an aromatic ring is 1. The molecule has 2 heterocycles. The van der Waals surface area contributed by atoms with Crippen molar-refractivity contribution in [2.24, 2.45) is 0 Å². The molecule has 136 valence electrons. The molecule has 26 heavy (non-hydrogen) atoms. The van der Waals surface area contributed by atoms with Crippen LogP contribution in [0.1, 0.15) is 24.6 Å². The third kappa shape index (κ3) is 3.09. The van der Waals surface area contributed by atoms with E-state index in [4.69, 9.17) is 19.9 Å². The van der Waals surface area contributed by atoms with E-state index in [-0.39, 0.29) is 25.0 Å². The zero-order chi connectivity index (χ0) is 18.1. The number of esters is 1. The van der Waals surface area contributed by atoms with Gasteiger partial charge in [-0.05, 0) is 24.5 Å². The molecule has 2 aliphatic rings. The van der Waals surface area contributed by atoms with E-state index in [2.05, 4.69) is 4.98 Å². The van der Waals surface area contributed by atoms with Gasteiger partial charge in [0.25, 0.3) is 0 Å². The average Bonchev–Trinajstić information content (AvgIpc) is 3.33.